The molecule has 4 nitrogen and oxygen atoms in total. The summed E-state index contributed by atoms with van der Waals surface area (Å²) in [6.07, 6.45) is 6.14. The maximum Gasteiger partial charge on any atom is 0.141 e. The van der Waals surface area contributed by atoms with E-state index in [2.05, 4.69) is 28.6 Å². The third kappa shape index (κ3) is 1.68. The third-order valence-corrected chi connectivity index (χ3v) is 3.90. The molecule has 2 N–H and O–H groups in total. The minimum absolute atomic E-state index is 0.578. The average molecular weight is 264 g/mol. The number of imidazole rings is 1. The van der Waals surface area contributed by atoms with Crippen LogP contribution in [0.25, 0.3) is 22.4 Å². The van der Waals surface area contributed by atoms with Crippen molar-refractivity contribution in [3.63, 3.8) is 0 Å². The van der Waals surface area contributed by atoms with E-state index in [9.17, 15) is 0 Å². The Hall–Kier alpha value is -2.36. The van der Waals surface area contributed by atoms with Crippen LogP contribution in [0.15, 0.2) is 36.7 Å². The fourth-order valence-corrected chi connectivity index (χ4v) is 2.78. The molecule has 1 aromatic carbocycles. The predicted molar refractivity (Wildman–Crippen MR) is 80.4 cm³/mol. The van der Waals surface area contributed by atoms with E-state index < -0.39 is 0 Å². The molecular formula is C16H16N4. The van der Waals surface area contributed by atoms with E-state index in [1.54, 1.807) is 0 Å². The number of benzene rings is 1. The molecule has 0 radical (unpaired) electrons. The number of pyridine rings is 1. The smallest absolute Gasteiger partial charge is 0.141 e. The molecule has 1 aliphatic rings. The molecule has 4 rings (SSSR count). The van der Waals surface area contributed by atoms with Gasteiger partial charge in [0.1, 0.15) is 11.3 Å². The largest absolute Gasteiger partial charge is 0.399 e. The van der Waals surface area contributed by atoms with Gasteiger partial charge >= 0.3 is 0 Å². The highest BCUT2D eigenvalue weighted by molar-refractivity contribution is 5.81. The number of fused-ring (bicyclic) bond motifs is 1. The molecule has 1 fully saturated rings. The van der Waals surface area contributed by atoms with Gasteiger partial charge in [-0.2, -0.15) is 0 Å². The number of nitrogen functional groups attached to an aromatic ring is 1. The standard InChI is InChI=1S/C16H16N4/c1-10-8-11(17)2-5-13(10)16-19-14-9-18-7-6-15(14)20(16)12-3-4-12/h2,5-9,12H,3-4,17H2,1H3. The van der Waals surface area contributed by atoms with Crippen molar-refractivity contribution in [2.24, 2.45) is 0 Å². The van der Waals surface area contributed by atoms with Gasteiger partial charge in [-0.25, -0.2) is 4.98 Å². The third-order valence-electron chi connectivity index (χ3n) is 3.90. The molecule has 1 saturated carbocycles. The Morgan fingerprint density at radius 2 is 2.10 bits per heavy atom. The van der Waals surface area contributed by atoms with Crippen LogP contribution in [0.4, 0.5) is 5.69 Å². The summed E-state index contributed by atoms with van der Waals surface area (Å²) < 4.78 is 2.36. The fraction of sp³-hybridized carbons (Fsp3) is 0.250. The number of rotatable bonds is 2. The van der Waals surface area contributed by atoms with Gasteiger partial charge in [0.2, 0.25) is 0 Å². The van der Waals surface area contributed by atoms with E-state index in [0.717, 1.165) is 28.2 Å². The minimum Gasteiger partial charge on any atom is -0.399 e. The Morgan fingerprint density at radius 1 is 1.25 bits per heavy atom. The van der Waals surface area contributed by atoms with Gasteiger partial charge in [-0.1, -0.05) is 0 Å². The zero-order valence-electron chi connectivity index (χ0n) is 11.4. The molecular weight excluding hydrogens is 248 g/mol. The molecule has 4 heteroatoms. The van der Waals surface area contributed by atoms with Crippen LogP contribution in [0.3, 0.4) is 0 Å². The predicted octanol–water partition coefficient (Wildman–Crippen LogP) is 3.32. The molecule has 0 bridgehead atoms. The summed E-state index contributed by atoms with van der Waals surface area (Å²) in [4.78, 5) is 8.98. The van der Waals surface area contributed by atoms with Gasteiger partial charge in [0.05, 0.1) is 11.7 Å². The summed E-state index contributed by atoms with van der Waals surface area (Å²) in [5, 5.41) is 0. The summed E-state index contributed by atoms with van der Waals surface area (Å²) >= 11 is 0. The highest BCUT2D eigenvalue weighted by Crippen LogP contribution is 2.41. The Morgan fingerprint density at radius 3 is 2.85 bits per heavy atom. The first-order valence-electron chi connectivity index (χ1n) is 6.92. The van der Waals surface area contributed by atoms with Crippen molar-refractivity contribution in [2.45, 2.75) is 25.8 Å². The van der Waals surface area contributed by atoms with E-state index in [1.807, 2.05) is 24.5 Å². The molecule has 0 saturated heterocycles. The van der Waals surface area contributed by atoms with Gasteiger partial charge in [-0.3, -0.25) is 4.98 Å². The van der Waals surface area contributed by atoms with Gasteiger partial charge < -0.3 is 10.3 Å². The Labute approximate surface area is 117 Å². The molecule has 3 aromatic rings. The molecule has 0 amide bonds. The fourth-order valence-electron chi connectivity index (χ4n) is 2.78. The first kappa shape index (κ1) is 11.5. The lowest BCUT2D eigenvalue weighted by Gasteiger charge is -2.10. The average Bonchev–Trinajstić information content (AvgIpc) is 3.19. The van der Waals surface area contributed by atoms with E-state index in [1.165, 1.54) is 18.4 Å². The van der Waals surface area contributed by atoms with Gasteiger partial charge in [0.15, 0.2) is 0 Å². The molecule has 100 valence electrons. The van der Waals surface area contributed by atoms with Crippen molar-refractivity contribution in [1.29, 1.82) is 0 Å². The summed E-state index contributed by atoms with van der Waals surface area (Å²) in [5.74, 6) is 1.04. The molecule has 0 spiro atoms. The van der Waals surface area contributed by atoms with Crippen LogP contribution in [0, 0.1) is 6.92 Å². The molecule has 0 aliphatic heterocycles. The summed E-state index contributed by atoms with van der Waals surface area (Å²) in [6, 6.07) is 8.64. The first-order chi connectivity index (χ1) is 9.74. The van der Waals surface area contributed by atoms with E-state index in [4.69, 9.17) is 10.7 Å². The SMILES string of the molecule is Cc1cc(N)ccc1-c1nc2cnccc2n1C1CC1. The Kier molecular flexibility index (Phi) is 2.33. The normalized spacial score (nSPS) is 14.8. The number of nitrogens with two attached hydrogens (primary N) is 1. The highest BCUT2D eigenvalue weighted by Gasteiger charge is 2.29. The molecule has 0 unspecified atom stereocenters. The topological polar surface area (TPSA) is 56.7 Å². The second-order valence-corrected chi connectivity index (χ2v) is 5.48. The van der Waals surface area contributed by atoms with E-state index in [0.29, 0.717) is 6.04 Å². The van der Waals surface area contributed by atoms with Crippen LogP contribution < -0.4 is 5.73 Å². The number of anilines is 1. The van der Waals surface area contributed by atoms with Crippen LogP contribution >= 0.6 is 0 Å². The van der Waals surface area contributed by atoms with Crippen molar-refractivity contribution in [2.75, 3.05) is 5.73 Å². The summed E-state index contributed by atoms with van der Waals surface area (Å²) in [7, 11) is 0. The second kappa shape index (κ2) is 4.07. The number of hydrogen-bond donors (Lipinski definition) is 1. The van der Waals surface area contributed by atoms with Crippen LogP contribution in [0.1, 0.15) is 24.4 Å². The lowest BCUT2D eigenvalue weighted by Crippen LogP contribution is -1.99. The number of aryl methyl sites for hydroxylation is 1. The van der Waals surface area contributed by atoms with E-state index in [-0.39, 0.29) is 0 Å². The van der Waals surface area contributed by atoms with Gasteiger partial charge in [-0.05, 0) is 49.6 Å². The van der Waals surface area contributed by atoms with Crippen LogP contribution in [0.5, 0.6) is 0 Å². The summed E-state index contributed by atoms with van der Waals surface area (Å²) in [5.41, 5.74) is 11.1. The zero-order chi connectivity index (χ0) is 13.7. The van der Waals surface area contributed by atoms with Crippen molar-refractivity contribution in [1.82, 2.24) is 14.5 Å². The van der Waals surface area contributed by atoms with Crippen LogP contribution in [-0.2, 0) is 0 Å². The van der Waals surface area contributed by atoms with Crippen molar-refractivity contribution in [3.05, 3.63) is 42.2 Å². The number of nitrogens with zero attached hydrogens (tertiary/aromatic N) is 3. The summed E-state index contributed by atoms with van der Waals surface area (Å²) in [6.45, 7) is 2.08. The van der Waals surface area contributed by atoms with Crippen LogP contribution in [-0.4, -0.2) is 14.5 Å². The van der Waals surface area contributed by atoms with Crippen LogP contribution in [0.2, 0.25) is 0 Å². The van der Waals surface area contributed by atoms with Crippen molar-refractivity contribution >= 4 is 16.7 Å². The van der Waals surface area contributed by atoms with Crippen molar-refractivity contribution in [3.8, 4) is 11.4 Å². The maximum atomic E-state index is 5.85. The first-order valence-corrected chi connectivity index (χ1v) is 6.92. The highest BCUT2D eigenvalue weighted by atomic mass is 15.1. The number of aromatic nitrogens is 3. The molecule has 0 atom stereocenters. The van der Waals surface area contributed by atoms with Gasteiger partial charge in [-0.15, -0.1) is 0 Å². The van der Waals surface area contributed by atoms with Gasteiger partial charge in [0, 0.05) is 23.5 Å². The Bertz CT molecular complexity index is 799. The monoisotopic (exact) mass is 264 g/mol. The lowest BCUT2D eigenvalue weighted by atomic mass is 10.1. The molecule has 1 aliphatic carbocycles. The quantitative estimate of drug-likeness (QED) is 0.722. The number of hydrogen-bond acceptors (Lipinski definition) is 3. The van der Waals surface area contributed by atoms with Gasteiger partial charge in [0.25, 0.3) is 0 Å². The van der Waals surface area contributed by atoms with E-state index >= 15 is 0 Å². The maximum absolute atomic E-state index is 5.85. The molecule has 2 heterocycles. The Balaban J connectivity index is 2.01. The zero-order valence-corrected chi connectivity index (χ0v) is 11.4. The van der Waals surface area contributed by atoms with Crippen molar-refractivity contribution < 1.29 is 0 Å². The minimum atomic E-state index is 0.578. The molecule has 2 aromatic heterocycles. The molecule has 20 heavy (non-hydrogen) atoms. The second-order valence-electron chi connectivity index (χ2n) is 5.48. The lowest BCUT2D eigenvalue weighted by molar-refractivity contribution is 0.774.